The van der Waals surface area contributed by atoms with Crippen LogP contribution in [-0.4, -0.2) is 42.5 Å². The highest BCUT2D eigenvalue weighted by atomic mass is 16.5. The van der Waals surface area contributed by atoms with Gasteiger partial charge in [-0.3, -0.25) is 9.69 Å². The van der Waals surface area contributed by atoms with E-state index in [1.165, 1.54) is 37.1 Å². The van der Waals surface area contributed by atoms with Gasteiger partial charge in [0, 0.05) is 24.2 Å². The highest BCUT2D eigenvalue weighted by molar-refractivity contribution is 6.07. The summed E-state index contributed by atoms with van der Waals surface area (Å²) in [6.45, 7) is 4.06. The van der Waals surface area contributed by atoms with Gasteiger partial charge in [0.1, 0.15) is 11.4 Å². The molecule has 0 unspecified atom stereocenters. The number of carbonyl (C=O) groups excluding carboxylic acids is 1. The maximum absolute atomic E-state index is 13.3. The Kier molecular flexibility index (Phi) is 4.68. The minimum absolute atomic E-state index is 0.0280. The number of likely N-dealkylation sites (tertiary alicyclic amines) is 1. The molecule has 1 saturated heterocycles. The van der Waals surface area contributed by atoms with Gasteiger partial charge in [-0.1, -0.05) is 18.2 Å². The first-order valence-electron chi connectivity index (χ1n) is 10.3. The number of aromatic nitrogens is 1. The van der Waals surface area contributed by atoms with Gasteiger partial charge in [-0.15, -0.1) is 0 Å². The molecular weight excluding hydrogens is 362 g/mol. The molecule has 0 atom stereocenters. The smallest absolute Gasteiger partial charge is 0.276 e. The molecule has 0 N–H and O–H groups in total. The normalized spacial score (nSPS) is 16.4. The van der Waals surface area contributed by atoms with Crippen molar-refractivity contribution < 1.29 is 9.53 Å². The molecule has 2 aliphatic rings. The molecule has 148 valence electrons. The summed E-state index contributed by atoms with van der Waals surface area (Å²) in [5.74, 6) is 0.761. The second kappa shape index (κ2) is 7.48. The van der Waals surface area contributed by atoms with Crippen LogP contribution in [0.1, 0.15) is 34.5 Å². The van der Waals surface area contributed by atoms with Gasteiger partial charge in [-0.05, 0) is 73.8 Å². The van der Waals surface area contributed by atoms with Crippen LogP contribution in [0.2, 0.25) is 0 Å². The summed E-state index contributed by atoms with van der Waals surface area (Å²) in [4.78, 5) is 22.3. The van der Waals surface area contributed by atoms with Gasteiger partial charge in [-0.2, -0.15) is 0 Å². The molecule has 1 aromatic heterocycles. The summed E-state index contributed by atoms with van der Waals surface area (Å²) >= 11 is 0. The zero-order chi connectivity index (χ0) is 19.8. The fraction of sp³-hybridized carbons (Fsp3) is 0.333. The Hall–Kier alpha value is -2.92. The number of nitrogens with zero attached hydrogens (tertiary/aromatic N) is 3. The van der Waals surface area contributed by atoms with Gasteiger partial charge < -0.3 is 9.64 Å². The quantitative estimate of drug-likeness (QED) is 0.678. The van der Waals surface area contributed by atoms with Crippen molar-refractivity contribution in [1.29, 1.82) is 0 Å². The van der Waals surface area contributed by atoms with Crippen LogP contribution in [-0.2, 0) is 13.0 Å². The lowest BCUT2D eigenvalue weighted by molar-refractivity contribution is 0.0985. The van der Waals surface area contributed by atoms with Crippen LogP contribution in [0, 0.1) is 0 Å². The zero-order valence-corrected chi connectivity index (χ0v) is 16.7. The van der Waals surface area contributed by atoms with Crippen molar-refractivity contribution >= 4 is 22.5 Å². The monoisotopic (exact) mass is 387 g/mol. The molecule has 3 aromatic rings. The maximum Gasteiger partial charge on any atom is 0.276 e. The Morgan fingerprint density at radius 1 is 1.07 bits per heavy atom. The van der Waals surface area contributed by atoms with Crippen molar-refractivity contribution in [2.75, 3.05) is 31.6 Å². The van der Waals surface area contributed by atoms with Crippen molar-refractivity contribution in [2.45, 2.75) is 25.8 Å². The first-order valence-corrected chi connectivity index (χ1v) is 10.3. The Balaban J connectivity index is 1.42. The molecule has 0 spiro atoms. The molecule has 1 fully saturated rings. The predicted molar refractivity (Wildman–Crippen MR) is 115 cm³/mol. The average Bonchev–Trinajstić information content (AvgIpc) is 3.43. The van der Waals surface area contributed by atoms with Crippen molar-refractivity contribution in [1.82, 2.24) is 9.88 Å². The Bertz CT molecular complexity index is 1070. The average molecular weight is 387 g/mol. The summed E-state index contributed by atoms with van der Waals surface area (Å²) in [5, 5.41) is 0.968. The van der Waals surface area contributed by atoms with Crippen molar-refractivity contribution in [2.24, 2.45) is 0 Å². The minimum Gasteiger partial charge on any atom is -0.497 e. The first-order chi connectivity index (χ1) is 14.2. The van der Waals surface area contributed by atoms with E-state index < -0.39 is 0 Å². The Labute approximate surface area is 170 Å². The third-order valence-corrected chi connectivity index (χ3v) is 6.08. The van der Waals surface area contributed by atoms with E-state index in [9.17, 15) is 4.79 Å². The Morgan fingerprint density at radius 2 is 1.93 bits per heavy atom. The number of hydrogen-bond donors (Lipinski definition) is 0. The molecule has 2 aromatic carbocycles. The van der Waals surface area contributed by atoms with Gasteiger partial charge in [0.2, 0.25) is 0 Å². The Morgan fingerprint density at radius 3 is 2.76 bits per heavy atom. The van der Waals surface area contributed by atoms with Crippen LogP contribution in [0.5, 0.6) is 5.75 Å². The molecule has 3 heterocycles. The lowest BCUT2D eigenvalue weighted by Gasteiger charge is -2.19. The number of methoxy groups -OCH3 is 1. The molecule has 2 aliphatic heterocycles. The van der Waals surface area contributed by atoms with Crippen LogP contribution in [0.25, 0.3) is 10.9 Å². The predicted octanol–water partition coefficient (Wildman–Crippen LogP) is 4.04. The van der Waals surface area contributed by atoms with E-state index in [-0.39, 0.29) is 5.91 Å². The second-order valence-electron chi connectivity index (χ2n) is 7.86. The second-order valence-corrected chi connectivity index (χ2v) is 7.86. The van der Waals surface area contributed by atoms with Crippen LogP contribution in [0.3, 0.4) is 0 Å². The summed E-state index contributed by atoms with van der Waals surface area (Å²) in [5.41, 5.74) is 5.01. The molecule has 5 nitrogen and oxygen atoms in total. The number of rotatable bonds is 4. The molecule has 0 radical (unpaired) electrons. The van der Waals surface area contributed by atoms with E-state index in [0.717, 1.165) is 35.3 Å². The third-order valence-electron chi connectivity index (χ3n) is 6.08. The molecule has 5 rings (SSSR count). The van der Waals surface area contributed by atoms with E-state index in [0.29, 0.717) is 12.2 Å². The number of pyridine rings is 1. The van der Waals surface area contributed by atoms with E-state index in [4.69, 9.17) is 4.74 Å². The molecule has 0 saturated carbocycles. The number of fused-ring (bicyclic) bond motifs is 2. The number of carbonyl (C=O) groups is 1. The highest BCUT2D eigenvalue weighted by Gasteiger charge is 2.28. The SMILES string of the molecule is COc1ccc2nc(C(=O)N3CCc4c(CN5CCCC5)cccc43)ccc2c1. The number of anilines is 1. The summed E-state index contributed by atoms with van der Waals surface area (Å²) in [6.07, 6.45) is 3.49. The molecule has 0 bridgehead atoms. The van der Waals surface area contributed by atoms with Gasteiger partial charge in [0.15, 0.2) is 0 Å². The van der Waals surface area contributed by atoms with Crippen LogP contribution in [0.15, 0.2) is 48.5 Å². The molecular formula is C24H25N3O2. The van der Waals surface area contributed by atoms with E-state index >= 15 is 0 Å². The van der Waals surface area contributed by atoms with Gasteiger partial charge in [-0.25, -0.2) is 4.98 Å². The molecule has 29 heavy (non-hydrogen) atoms. The highest BCUT2D eigenvalue weighted by Crippen LogP contribution is 2.33. The fourth-order valence-electron chi connectivity index (χ4n) is 4.54. The van der Waals surface area contributed by atoms with Crippen LogP contribution >= 0.6 is 0 Å². The fourth-order valence-corrected chi connectivity index (χ4v) is 4.54. The van der Waals surface area contributed by atoms with Crippen molar-refractivity contribution in [3.63, 3.8) is 0 Å². The van der Waals surface area contributed by atoms with Gasteiger partial charge >= 0.3 is 0 Å². The third kappa shape index (κ3) is 3.36. The molecule has 5 heteroatoms. The summed E-state index contributed by atoms with van der Waals surface area (Å²) in [7, 11) is 1.65. The number of amides is 1. The van der Waals surface area contributed by atoms with Crippen LogP contribution < -0.4 is 9.64 Å². The summed E-state index contributed by atoms with van der Waals surface area (Å²) < 4.78 is 5.27. The van der Waals surface area contributed by atoms with Gasteiger partial charge in [0.25, 0.3) is 5.91 Å². The number of benzene rings is 2. The summed E-state index contributed by atoms with van der Waals surface area (Å²) in [6, 6.07) is 15.8. The number of hydrogen-bond acceptors (Lipinski definition) is 4. The van der Waals surface area contributed by atoms with E-state index in [1.807, 2.05) is 35.2 Å². The maximum atomic E-state index is 13.3. The molecule has 1 amide bonds. The van der Waals surface area contributed by atoms with Crippen molar-refractivity contribution in [3.05, 3.63) is 65.4 Å². The van der Waals surface area contributed by atoms with Crippen LogP contribution in [0.4, 0.5) is 5.69 Å². The molecule has 0 aliphatic carbocycles. The standard InChI is InChI=1S/C24H25N3O2/c1-29-19-8-10-21-17(15-19)7-9-22(25-21)24(28)27-14-11-20-18(5-4-6-23(20)27)16-26-12-2-3-13-26/h4-10,15H,2-3,11-14,16H2,1H3. The minimum atomic E-state index is -0.0280. The lowest BCUT2D eigenvalue weighted by Crippen LogP contribution is -2.29. The van der Waals surface area contributed by atoms with E-state index in [1.54, 1.807) is 7.11 Å². The lowest BCUT2D eigenvalue weighted by atomic mass is 10.0. The zero-order valence-electron chi connectivity index (χ0n) is 16.7. The largest absolute Gasteiger partial charge is 0.497 e. The number of ether oxygens (including phenoxy) is 1. The van der Waals surface area contributed by atoms with Gasteiger partial charge in [0.05, 0.1) is 12.6 Å². The van der Waals surface area contributed by atoms with E-state index in [2.05, 4.69) is 28.1 Å². The van der Waals surface area contributed by atoms with Crippen molar-refractivity contribution in [3.8, 4) is 5.75 Å². The topological polar surface area (TPSA) is 45.7 Å². The first kappa shape index (κ1) is 18.1.